The first kappa shape index (κ1) is 37.2. The minimum atomic E-state index is -0.471. The van der Waals surface area contributed by atoms with Crippen molar-refractivity contribution in [3.05, 3.63) is 149 Å². The summed E-state index contributed by atoms with van der Waals surface area (Å²) in [4.78, 5) is 14.7. The molecule has 5 nitrogen and oxygen atoms in total. The van der Waals surface area contributed by atoms with Crippen LogP contribution in [0.3, 0.4) is 0 Å². The van der Waals surface area contributed by atoms with Gasteiger partial charge in [0.15, 0.2) is 0 Å². The quantitative estimate of drug-likeness (QED) is 0.175. The van der Waals surface area contributed by atoms with Gasteiger partial charge in [-0.25, -0.2) is 9.97 Å². The van der Waals surface area contributed by atoms with Crippen molar-refractivity contribution >= 4 is 21.9 Å². The third-order valence-corrected chi connectivity index (χ3v) is 11.7. The van der Waals surface area contributed by atoms with E-state index in [0.717, 1.165) is 44.3 Å². The Morgan fingerprint density at radius 1 is 0.613 bits per heavy atom. The molecule has 6 heteroatoms. The molecule has 0 amide bonds. The second-order valence-electron chi connectivity index (χ2n) is 20.4. The van der Waals surface area contributed by atoms with Crippen LogP contribution in [0.1, 0.15) is 119 Å². The Morgan fingerprint density at radius 2 is 1.24 bits per heavy atom. The van der Waals surface area contributed by atoms with E-state index in [2.05, 4.69) is 112 Å². The molecule has 0 aliphatic heterocycles. The van der Waals surface area contributed by atoms with E-state index < -0.39 is 23.5 Å². The fraction of sp³-hybridized carbons (Fsp3) is 0.304. The number of hydrogen-bond donors (Lipinski definition) is 1. The van der Waals surface area contributed by atoms with Crippen LogP contribution in [0.25, 0.3) is 72.5 Å². The maximum absolute atomic E-state index is 12.6. The van der Waals surface area contributed by atoms with Crippen molar-refractivity contribution in [3.63, 3.8) is 0 Å². The molecule has 320 valence electrons. The van der Waals surface area contributed by atoms with Crippen LogP contribution in [-0.4, -0.2) is 24.6 Å². The molecule has 0 radical (unpaired) electrons. The SMILES string of the molecule is [2H]c1nc(-c2[c-]c(-c3cccc4c3nc(-c3cc(C(C)(C)C)cc(C(C)(C)C)c3O)n4-c3ccc(C(C)(C)C)cc3-c3c([2H])c([2H])c([2H])c([2H])c3[2H])cc(C(C)(C)C)c2)c2cccc(C)c2n1.[Pt]. The molecule has 0 bridgehead atoms. The minimum absolute atomic E-state index is 0. The van der Waals surface area contributed by atoms with Gasteiger partial charge in [-0.15, -0.1) is 29.3 Å². The number of aryl methyl sites for hydroxylation is 1. The molecule has 0 spiro atoms. The van der Waals surface area contributed by atoms with Crippen molar-refractivity contribution in [2.45, 2.75) is 112 Å². The molecule has 0 atom stereocenters. The summed E-state index contributed by atoms with van der Waals surface area (Å²) < 4.78 is 55.1. The molecule has 2 heterocycles. The van der Waals surface area contributed by atoms with Crippen LogP contribution in [0.4, 0.5) is 0 Å². The smallest absolute Gasteiger partial charge is 0.148 e. The van der Waals surface area contributed by atoms with E-state index in [0.29, 0.717) is 50.4 Å². The normalized spacial score (nSPS) is 13.9. The number of imidazole rings is 1. The standard InChI is InChI=1S/C56H59N4O.Pt/c1-34-19-17-23-42-48(34)57-33-58-49(42)37-27-36(28-39(29-37)54(5,6)7)41-22-18-24-47-50(41)59-52(44-31-40(55(8,9)10)32-45(51(44)61)56(11,12)13)60(47)46-26-25-38(53(2,3)4)30-43(46)35-20-15-14-16-21-35;/h14-26,28-33,61H,1-13H3;/q-1;/i14D,15D,16D,20D,21D,33D;. The number of aromatic hydroxyl groups is 1. The van der Waals surface area contributed by atoms with Crippen molar-refractivity contribution in [2.24, 2.45) is 0 Å². The molecule has 62 heavy (non-hydrogen) atoms. The first-order valence-corrected chi connectivity index (χ1v) is 21.0. The monoisotopic (exact) mass is 1000 g/mol. The fourth-order valence-electron chi connectivity index (χ4n) is 8.00. The predicted molar refractivity (Wildman–Crippen MR) is 256 cm³/mol. The average molecular weight is 1010 g/mol. The summed E-state index contributed by atoms with van der Waals surface area (Å²) in [5.74, 6) is 0.493. The van der Waals surface area contributed by atoms with Crippen LogP contribution in [0.5, 0.6) is 5.75 Å². The fourth-order valence-corrected chi connectivity index (χ4v) is 8.00. The molecule has 0 aliphatic carbocycles. The summed E-state index contributed by atoms with van der Waals surface area (Å²) in [6.45, 7) is 27.3. The minimum Gasteiger partial charge on any atom is -0.507 e. The number of nitrogens with zero attached hydrogens (tertiary/aromatic N) is 4. The third-order valence-electron chi connectivity index (χ3n) is 11.7. The molecule has 6 aromatic carbocycles. The molecule has 0 unspecified atom stereocenters. The van der Waals surface area contributed by atoms with Gasteiger partial charge >= 0.3 is 0 Å². The maximum Gasteiger partial charge on any atom is 0.148 e. The van der Waals surface area contributed by atoms with Gasteiger partial charge in [0.1, 0.15) is 19.2 Å². The van der Waals surface area contributed by atoms with Gasteiger partial charge in [0.25, 0.3) is 0 Å². The Kier molecular flexibility index (Phi) is 9.64. The van der Waals surface area contributed by atoms with Gasteiger partial charge in [-0.1, -0.05) is 167 Å². The second kappa shape index (κ2) is 16.1. The van der Waals surface area contributed by atoms with Gasteiger partial charge < -0.3 is 5.11 Å². The zero-order chi connectivity index (χ0) is 49.0. The zero-order valence-corrected chi connectivity index (χ0v) is 40.3. The van der Waals surface area contributed by atoms with Crippen LogP contribution >= 0.6 is 0 Å². The van der Waals surface area contributed by atoms with Crippen molar-refractivity contribution < 1.29 is 34.4 Å². The molecule has 0 saturated carbocycles. The Morgan fingerprint density at radius 3 is 1.90 bits per heavy atom. The van der Waals surface area contributed by atoms with Gasteiger partial charge in [-0.3, -0.25) is 9.55 Å². The number of fused-ring (bicyclic) bond motifs is 2. The van der Waals surface area contributed by atoms with Crippen LogP contribution in [0.2, 0.25) is 0 Å². The zero-order valence-electron chi connectivity index (χ0n) is 44.1. The summed E-state index contributed by atoms with van der Waals surface area (Å²) in [6.07, 6.45) is -0.0854. The number of hydrogen-bond acceptors (Lipinski definition) is 4. The number of phenols is 1. The van der Waals surface area contributed by atoms with Gasteiger partial charge in [-0.2, -0.15) is 0 Å². The molecular formula is C56H59N4OPt-. The van der Waals surface area contributed by atoms with E-state index in [9.17, 15) is 7.85 Å². The van der Waals surface area contributed by atoms with Crippen LogP contribution < -0.4 is 0 Å². The number of rotatable bonds is 5. The van der Waals surface area contributed by atoms with Crippen molar-refractivity contribution in [3.8, 4) is 56.3 Å². The number of benzene rings is 6. The Hall–Kier alpha value is -5.38. The van der Waals surface area contributed by atoms with Gasteiger partial charge in [-0.05, 0) is 80.5 Å². The Bertz CT molecular complexity index is 3300. The molecule has 0 fully saturated rings. The topological polar surface area (TPSA) is 63.8 Å². The Balaban J connectivity index is 0.00000684. The summed E-state index contributed by atoms with van der Waals surface area (Å²) in [5.41, 5.74) is 9.43. The van der Waals surface area contributed by atoms with Crippen molar-refractivity contribution in [1.29, 1.82) is 0 Å². The van der Waals surface area contributed by atoms with Gasteiger partial charge in [0.2, 0.25) is 0 Å². The first-order chi connectivity index (χ1) is 31.1. The predicted octanol–water partition coefficient (Wildman–Crippen LogP) is 14.6. The summed E-state index contributed by atoms with van der Waals surface area (Å²) in [6, 6.07) is 27.8. The summed E-state index contributed by atoms with van der Waals surface area (Å²) in [5, 5.41) is 13.4. The molecule has 0 aliphatic rings. The number of phenolic OH excluding ortho intramolecular Hbond substituents is 1. The van der Waals surface area contributed by atoms with E-state index in [1.807, 2.05) is 72.2 Å². The summed E-state index contributed by atoms with van der Waals surface area (Å²) >= 11 is 0. The van der Waals surface area contributed by atoms with Crippen molar-refractivity contribution in [2.75, 3.05) is 0 Å². The van der Waals surface area contributed by atoms with E-state index in [1.54, 1.807) is 0 Å². The molecule has 0 saturated heterocycles. The van der Waals surface area contributed by atoms with Crippen LogP contribution in [0, 0.1) is 13.0 Å². The molecule has 2 aromatic heterocycles. The molecule has 8 rings (SSSR count). The first-order valence-electron chi connectivity index (χ1n) is 24.0. The van der Waals surface area contributed by atoms with Crippen LogP contribution in [0.15, 0.2) is 115 Å². The molecule has 8 aromatic rings. The summed E-state index contributed by atoms with van der Waals surface area (Å²) in [7, 11) is 0. The van der Waals surface area contributed by atoms with Gasteiger partial charge in [0, 0.05) is 37.9 Å². The van der Waals surface area contributed by atoms with Gasteiger partial charge in [0.05, 0.1) is 34.7 Å². The number of aromatic nitrogens is 4. The van der Waals surface area contributed by atoms with E-state index in [4.69, 9.17) is 15.5 Å². The second-order valence-corrected chi connectivity index (χ2v) is 20.4. The Labute approximate surface area is 391 Å². The largest absolute Gasteiger partial charge is 0.507 e. The average Bonchev–Trinajstić information content (AvgIpc) is 3.63. The molecule has 1 N–H and O–H groups in total. The maximum atomic E-state index is 12.6. The van der Waals surface area contributed by atoms with E-state index in [-0.39, 0.29) is 67.0 Å². The van der Waals surface area contributed by atoms with E-state index in [1.165, 1.54) is 0 Å². The van der Waals surface area contributed by atoms with E-state index >= 15 is 0 Å². The van der Waals surface area contributed by atoms with Crippen LogP contribution in [-0.2, 0) is 42.7 Å². The van der Waals surface area contributed by atoms with Crippen molar-refractivity contribution in [1.82, 2.24) is 19.5 Å². The molecular weight excluding hydrogens is 940 g/mol. The third kappa shape index (κ3) is 8.29. The number of para-hydroxylation sites is 2.